The summed E-state index contributed by atoms with van der Waals surface area (Å²) in [5.74, 6) is 0.819. The fraction of sp³-hybridized carbons (Fsp3) is 0.381. The molecule has 4 nitrogen and oxygen atoms in total. The van der Waals surface area contributed by atoms with Crippen LogP contribution in [0.4, 0.5) is 0 Å². The van der Waals surface area contributed by atoms with E-state index in [0.29, 0.717) is 13.0 Å². The number of aliphatic hydroxyl groups excluding tert-OH is 1. The molecule has 4 rings (SSSR count). The van der Waals surface area contributed by atoms with Crippen LogP contribution in [0.2, 0.25) is 0 Å². The third-order valence-corrected chi connectivity index (χ3v) is 5.24. The van der Waals surface area contributed by atoms with Gasteiger partial charge in [0.15, 0.2) is 0 Å². The highest BCUT2D eigenvalue weighted by molar-refractivity contribution is 6.09. The zero-order valence-corrected chi connectivity index (χ0v) is 14.5. The standard InChI is InChI=1S/C21H24N2O2/c1-15(24)13-17-9-5-11-19-21(17)12-6-10-18(20(21)23-22-19)25-14-16-7-3-2-4-8-16/h2-4,6-10,12,15,19,22,24H,5,11,13-14H2,1H3. The Morgan fingerprint density at radius 2 is 2.20 bits per heavy atom. The molecule has 130 valence electrons. The van der Waals surface area contributed by atoms with Crippen molar-refractivity contribution < 1.29 is 9.84 Å². The van der Waals surface area contributed by atoms with E-state index >= 15 is 0 Å². The van der Waals surface area contributed by atoms with Crippen molar-refractivity contribution in [2.45, 2.75) is 44.9 Å². The minimum atomic E-state index is -0.366. The first-order valence-electron chi connectivity index (χ1n) is 8.98. The molecule has 1 aliphatic heterocycles. The molecule has 0 saturated carbocycles. The SMILES string of the molecule is CC(O)CC1=CCCC2NN=C3C(OCc4ccccc4)=CC=CC132. The van der Waals surface area contributed by atoms with Crippen LogP contribution in [0.5, 0.6) is 0 Å². The summed E-state index contributed by atoms with van der Waals surface area (Å²) in [6, 6.07) is 10.4. The molecule has 3 aliphatic rings. The number of nitrogens with zero attached hydrogens (tertiary/aromatic N) is 1. The second-order valence-electron chi connectivity index (χ2n) is 7.04. The average molecular weight is 336 g/mol. The molecule has 3 unspecified atom stereocenters. The van der Waals surface area contributed by atoms with Gasteiger partial charge in [0.2, 0.25) is 0 Å². The topological polar surface area (TPSA) is 53.8 Å². The molecule has 1 aromatic carbocycles. The van der Waals surface area contributed by atoms with Crippen LogP contribution < -0.4 is 5.43 Å². The number of hydrogen-bond donors (Lipinski definition) is 2. The first-order chi connectivity index (χ1) is 12.2. The van der Waals surface area contributed by atoms with Gasteiger partial charge in [-0.2, -0.15) is 5.10 Å². The monoisotopic (exact) mass is 336 g/mol. The van der Waals surface area contributed by atoms with Crippen LogP contribution in [-0.4, -0.2) is 23.0 Å². The van der Waals surface area contributed by atoms with Crippen molar-refractivity contribution in [2.75, 3.05) is 0 Å². The number of nitrogens with one attached hydrogen (secondary N) is 1. The van der Waals surface area contributed by atoms with Gasteiger partial charge in [-0.1, -0.05) is 54.1 Å². The Bertz CT molecular complexity index is 761. The molecule has 1 spiro atoms. The molecule has 2 aliphatic carbocycles. The maximum atomic E-state index is 9.96. The first-order valence-corrected chi connectivity index (χ1v) is 8.98. The van der Waals surface area contributed by atoms with E-state index in [2.05, 4.69) is 40.9 Å². The largest absolute Gasteiger partial charge is 0.487 e. The van der Waals surface area contributed by atoms with Crippen LogP contribution in [0.1, 0.15) is 31.7 Å². The molecule has 1 heterocycles. The zero-order valence-electron chi connectivity index (χ0n) is 14.5. The molecule has 4 heteroatoms. The Morgan fingerprint density at radius 1 is 1.36 bits per heavy atom. The van der Waals surface area contributed by atoms with Gasteiger partial charge in [0.25, 0.3) is 0 Å². The number of hydrogen-bond acceptors (Lipinski definition) is 4. The van der Waals surface area contributed by atoms with Crippen molar-refractivity contribution in [3.05, 3.63) is 71.5 Å². The highest BCUT2D eigenvalue weighted by Gasteiger charge is 2.52. The quantitative estimate of drug-likeness (QED) is 0.810. The van der Waals surface area contributed by atoms with Crippen molar-refractivity contribution in [3.63, 3.8) is 0 Å². The highest BCUT2D eigenvalue weighted by Crippen LogP contribution is 2.48. The van der Waals surface area contributed by atoms with Gasteiger partial charge in [-0.25, -0.2) is 0 Å². The molecule has 1 aromatic rings. The molecule has 0 fully saturated rings. The second kappa shape index (κ2) is 6.52. The number of ether oxygens (including phenoxy) is 1. The Balaban J connectivity index is 1.61. The number of rotatable bonds is 5. The second-order valence-corrected chi connectivity index (χ2v) is 7.04. The Kier molecular flexibility index (Phi) is 4.22. The van der Waals surface area contributed by atoms with Gasteiger partial charge in [0, 0.05) is 0 Å². The Morgan fingerprint density at radius 3 is 3.00 bits per heavy atom. The summed E-state index contributed by atoms with van der Waals surface area (Å²) < 4.78 is 6.13. The van der Waals surface area contributed by atoms with Gasteiger partial charge in [0.05, 0.1) is 17.6 Å². The molecule has 0 saturated heterocycles. The molecule has 0 bridgehead atoms. The normalized spacial score (nSPS) is 28.1. The van der Waals surface area contributed by atoms with Crippen molar-refractivity contribution in [2.24, 2.45) is 10.5 Å². The van der Waals surface area contributed by atoms with Gasteiger partial charge < -0.3 is 15.3 Å². The molecule has 0 aromatic heterocycles. The van der Waals surface area contributed by atoms with E-state index in [1.807, 2.05) is 31.2 Å². The third kappa shape index (κ3) is 2.81. The van der Waals surface area contributed by atoms with Crippen LogP contribution in [0.15, 0.2) is 71.1 Å². The third-order valence-electron chi connectivity index (χ3n) is 5.24. The molecule has 3 atom stereocenters. The number of hydrazone groups is 1. The van der Waals surface area contributed by atoms with E-state index < -0.39 is 0 Å². The summed E-state index contributed by atoms with van der Waals surface area (Å²) in [5, 5.41) is 14.6. The summed E-state index contributed by atoms with van der Waals surface area (Å²) in [6.45, 7) is 2.37. The van der Waals surface area contributed by atoms with Crippen LogP contribution in [-0.2, 0) is 11.3 Å². The van der Waals surface area contributed by atoms with Crippen LogP contribution in [0, 0.1) is 5.41 Å². The number of benzene rings is 1. The number of aliphatic hydroxyl groups is 1. The fourth-order valence-electron chi connectivity index (χ4n) is 4.11. The summed E-state index contributed by atoms with van der Waals surface area (Å²) in [4.78, 5) is 0. The van der Waals surface area contributed by atoms with E-state index in [1.165, 1.54) is 5.57 Å². The highest BCUT2D eigenvalue weighted by atomic mass is 16.5. The average Bonchev–Trinajstić information content (AvgIpc) is 3.02. The predicted molar refractivity (Wildman–Crippen MR) is 98.9 cm³/mol. The zero-order chi connectivity index (χ0) is 17.3. The first kappa shape index (κ1) is 16.2. The van der Waals surface area contributed by atoms with Gasteiger partial charge in [-0.05, 0) is 37.8 Å². The maximum Gasteiger partial charge on any atom is 0.144 e. The minimum absolute atomic E-state index is 0.238. The van der Waals surface area contributed by atoms with Crippen molar-refractivity contribution in [3.8, 4) is 0 Å². The van der Waals surface area contributed by atoms with Gasteiger partial charge in [0.1, 0.15) is 18.1 Å². The fourth-order valence-corrected chi connectivity index (χ4v) is 4.11. The lowest BCUT2D eigenvalue weighted by Crippen LogP contribution is -2.46. The number of allylic oxidation sites excluding steroid dienone is 4. The smallest absolute Gasteiger partial charge is 0.144 e. The summed E-state index contributed by atoms with van der Waals surface area (Å²) in [5.41, 5.74) is 6.36. The predicted octanol–water partition coefficient (Wildman–Crippen LogP) is 3.46. The Hall–Kier alpha value is -2.33. The lowest BCUT2D eigenvalue weighted by atomic mass is 9.63. The summed E-state index contributed by atoms with van der Waals surface area (Å²) >= 11 is 0. The minimum Gasteiger partial charge on any atom is -0.487 e. The molecular weight excluding hydrogens is 312 g/mol. The molecule has 0 radical (unpaired) electrons. The van der Waals surface area contributed by atoms with E-state index in [9.17, 15) is 5.11 Å². The van der Waals surface area contributed by atoms with Gasteiger partial charge in [-0.3, -0.25) is 0 Å². The summed E-state index contributed by atoms with van der Waals surface area (Å²) in [6.07, 6.45) is 10.9. The van der Waals surface area contributed by atoms with E-state index in [0.717, 1.165) is 29.9 Å². The van der Waals surface area contributed by atoms with Crippen LogP contribution in [0.25, 0.3) is 0 Å². The van der Waals surface area contributed by atoms with Crippen molar-refractivity contribution in [1.82, 2.24) is 5.43 Å². The van der Waals surface area contributed by atoms with E-state index in [4.69, 9.17) is 4.74 Å². The Labute approximate surface area is 148 Å². The van der Waals surface area contributed by atoms with Gasteiger partial charge in [-0.15, -0.1) is 0 Å². The van der Waals surface area contributed by atoms with Crippen LogP contribution >= 0.6 is 0 Å². The van der Waals surface area contributed by atoms with Crippen molar-refractivity contribution in [1.29, 1.82) is 0 Å². The van der Waals surface area contributed by atoms with Gasteiger partial charge >= 0.3 is 0 Å². The molecular formula is C21H24N2O2. The summed E-state index contributed by atoms with van der Waals surface area (Å²) in [7, 11) is 0. The molecule has 25 heavy (non-hydrogen) atoms. The lowest BCUT2D eigenvalue weighted by molar-refractivity contribution is 0.185. The van der Waals surface area contributed by atoms with E-state index in [-0.39, 0.29) is 17.6 Å². The van der Waals surface area contributed by atoms with Crippen molar-refractivity contribution >= 4 is 5.71 Å². The molecule has 0 amide bonds. The lowest BCUT2D eigenvalue weighted by Gasteiger charge is -2.40. The van der Waals surface area contributed by atoms with Crippen LogP contribution in [0.3, 0.4) is 0 Å². The molecule has 2 N–H and O–H groups in total. The maximum absolute atomic E-state index is 9.96. The van der Waals surface area contributed by atoms with E-state index in [1.54, 1.807) is 0 Å².